The molecule has 0 atom stereocenters. The molecule has 0 radical (unpaired) electrons. The fraction of sp³-hybridized carbons (Fsp3) is 0.0952. The summed E-state index contributed by atoms with van der Waals surface area (Å²) < 4.78 is 0. The van der Waals surface area contributed by atoms with Gasteiger partial charge in [0.15, 0.2) is 5.11 Å². The van der Waals surface area contributed by atoms with E-state index in [2.05, 4.69) is 60.9 Å². The molecule has 4 heteroatoms. The van der Waals surface area contributed by atoms with Crippen LogP contribution in [0.2, 0.25) is 0 Å². The Morgan fingerprint density at radius 2 is 1.44 bits per heavy atom. The van der Waals surface area contributed by atoms with Gasteiger partial charge >= 0.3 is 0 Å². The van der Waals surface area contributed by atoms with Crippen LogP contribution >= 0.6 is 24.0 Å². The summed E-state index contributed by atoms with van der Waals surface area (Å²) in [6.45, 7) is 4.17. The van der Waals surface area contributed by atoms with Crippen LogP contribution < -0.4 is 10.6 Å². The fourth-order valence-electron chi connectivity index (χ4n) is 2.61. The van der Waals surface area contributed by atoms with Crippen LogP contribution in [-0.2, 0) is 0 Å². The molecule has 0 unspecified atom stereocenters. The predicted octanol–water partition coefficient (Wildman–Crippen LogP) is 6.26. The van der Waals surface area contributed by atoms with Gasteiger partial charge in [0.05, 0.1) is 5.69 Å². The summed E-state index contributed by atoms with van der Waals surface area (Å²) in [5.41, 5.74) is 4.43. The topological polar surface area (TPSA) is 24.1 Å². The largest absolute Gasteiger partial charge is 0.332 e. The molecule has 3 aromatic carbocycles. The lowest BCUT2D eigenvalue weighted by Crippen LogP contribution is -2.19. The first-order chi connectivity index (χ1) is 12.1. The predicted molar refractivity (Wildman–Crippen MR) is 113 cm³/mol. The van der Waals surface area contributed by atoms with E-state index in [0.717, 1.165) is 16.3 Å². The zero-order valence-electron chi connectivity index (χ0n) is 14.2. The van der Waals surface area contributed by atoms with Crippen LogP contribution in [-0.4, -0.2) is 5.11 Å². The monoisotopic (exact) mass is 364 g/mol. The highest BCUT2D eigenvalue weighted by atomic mass is 32.2. The number of rotatable bonds is 4. The molecule has 0 amide bonds. The highest BCUT2D eigenvalue weighted by Crippen LogP contribution is 2.33. The average Bonchev–Trinajstić information content (AvgIpc) is 2.56. The summed E-state index contributed by atoms with van der Waals surface area (Å²) in [5, 5.41) is 7.18. The molecule has 0 aromatic heterocycles. The van der Waals surface area contributed by atoms with Crippen LogP contribution in [0.4, 0.5) is 11.4 Å². The summed E-state index contributed by atoms with van der Waals surface area (Å²) in [5.74, 6) is 0. The third-order valence-corrected chi connectivity index (χ3v) is 4.87. The Kier molecular flexibility index (Phi) is 5.74. The molecular formula is C21H20N2S2. The summed E-state index contributed by atoms with van der Waals surface area (Å²) in [6, 6.07) is 24.8. The van der Waals surface area contributed by atoms with Gasteiger partial charge in [0.2, 0.25) is 0 Å². The van der Waals surface area contributed by atoms with E-state index < -0.39 is 0 Å². The lowest BCUT2D eigenvalue weighted by Gasteiger charge is -2.14. The molecule has 0 bridgehead atoms. The summed E-state index contributed by atoms with van der Waals surface area (Å²) in [6.07, 6.45) is 0. The number of aryl methyl sites for hydroxylation is 2. The maximum absolute atomic E-state index is 5.50. The van der Waals surface area contributed by atoms with E-state index in [1.807, 2.05) is 36.4 Å². The molecule has 2 N–H and O–H groups in total. The van der Waals surface area contributed by atoms with Gasteiger partial charge in [0.25, 0.3) is 0 Å². The molecule has 0 fully saturated rings. The third-order valence-electron chi connectivity index (χ3n) is 3.59. The highest BCUT2D eigenvalue weighted by Gasteiger charge is 2.06. The Bertz CT molecular complexity index is 856. The van der Waals surface area contributed by atoms with Crippen molar-refractivity contribution in [1.29, 1.82) is 0 Å². The van der Waals surface area contributed by atoms with Crippen molar-refractivity contribution >= 4 is 40.5 Å². The zero-order chi connectivity index (χ0) is 17.6. The van der Waals surface area contributed by atoms with E-state index in [4.69, 9.17) is 12.2 Å². The van der Waals surface area contributed by atoms with Gasteiger partial charge in [-0.1, -0.05) is 48.2 Å². The number of hydrogen-bond acceptors (Lipinski definition) is 2. The van der Waals surface area contributed by atoms with Crippen molar-refractivity contribution in [2.24, 2.45) is 0 Å². The number of benzene rings is 3. The van der Waals surface area contributed by atoms with Crippen molar-refractivity contribution in [3.63, 3.8) is 0 Å². The maximum Gasteiger partial charge on any atom is 0.175 e. The van der Waals surface area contributed by atoms with Crippen LogP contribution in [0.3, 0.4) is 0 Å². The molecule has 0 aliphatic rings. The molecule has 0 saturated carbocycles. The van der Waals surface area contributed by atoms with Gasteiger partial charge in [0.1, 0.15) is 0 Å². The first kappa shape index (κ1) is 17.5. The van der Waals surface area contributed by atoms with Crippen molar-refractivity contribution in [2.45, 2.75) is 23.6 Å². The van der Waals surface area contributed by atoms with Crippen molar-refractivity contribution < 1.29 is 0 Å². The van der Waals surface area contributed by atoms with E-state index in [-0.39, 0.29) is 0 Å². The summed E-state index contributed by atoms with van der Waals surface area (Å²) in [7, 11) is 0. The quantitative estimate of drug-likeness (QED) is 0.533. The minimum atomic E-state index is 0.589. The van der Waals surface area contributed by atoms with Gasteiger partial charge in [-0.25, -0.2) is 0 Å². The number of hydrogen-bond donors (Lipinski definition) is 2. The Balaban J connectivity index is 1.73. The van der Waals surface area contributed by atoms with Crippen molar-refractivity contribution in [3.05, 3.63) is 83.9 Å². The van der Waals surface area contributed by atoms with Gasteiger partial charge in [-0.05, 0) is 73.6 Å². The number of anilines is 2. The number of thiocarbonyl (C=S) groups is 1. The van der Waals surface area contributed by atoms with E-state index in [1.165, 1.54) is 16.0 Å². The fourth-order valence-corrected chi connectivity index (χ4v) is 3.76. The average molecular weight is 365 g/mol. The molecule has 3 aromatic rings. The molecule has 25 heavy (non-hydrogen) atoms. The van der Waals surface area contributed by atoms with Gasteiger partial charge in [-0.2, -0.15) is 0 Å². The van der Waals surface area contributed by atoms with E-state index >= 15 is 0 Å². The van der Waals surface area contributed by atoms with Gasteiger partial charge in [0, 0.05) is 15.5 Å². The molecule has 2 nitrogen and oxygen atoms in total. The van der Waals surface area contributed by atoms with Gasteiger partial charge < -0.3 is 10.6 Å². The second kappa shape index (κ2) is 8.19. The Labute approximate surface area is 158 Å². The highest BCUT2D eigenvalue weighted by molar-refractivity contribution is 7.99. The lowest BCUT2D eigenvalue weighted by molar-refractivity contribution is 1.38. The van der Waals surface area contributed by atoms with Crippen LogP contribution in [0.25, 0.3) is 0 Å². The normalized spacial score (nSPS) is 10.3. The van der Waals surface area contributed by atoms with Gasteiger partial charge in [-0.15, -0.1) is 0 Å². The Morgan fingerprint density at radius 1 is 0.800 bits per heavy atom. The molecule has 0 saturated heterocycles. The smallest absolute Gasteiger partial charge is 0.175 e. The van der Waals surface area contributed by atoms with Crippen molar-refractivity contribution in [1.82, 2.24) is 0 Å². The van der Waals surface area contributed by atoms with Gasteiger partial charge in [-0.3, -0.25) is 0 Å². The first-order valence-corrected chi connectivity index (χ1v) is 9.31. The molecule has 126 valence electrons. The van der Waals surface area contributed by atoms with Crippen molar-refractivity contribution in [3.8, 4) is 0 Å². The molecule has 0 spiro atoms. The third kappa shape index (κ3) is 5.08. The number of nitrogens with one attached hydrogen (secondary N) is 2. The van der Waals surface area contributed by atoms with Crippen LogP contribution in [0.1, 0.15) is 11.1 Å². The second-order valence-corrected chi connectivity index (χ2v) is 7.39. The van der Waals surface area contributed by atoms with E-state index in [9.17, 15) is 0 Å². The SMILES string of the molecule is Cc1cc(C)cc(NC(=S)Nc2ccccc2Sc2ccccc2)c1. The number of para-hydroxylation sites is 1. The van der Waals surface area contributed by atoms with Crippen LogP contribution in [0, 0.1) is 13.8 Å². The molecule has 0 aliphatic carbocycles. The van der Waals surface area contributed by atoms with Crippen LogP contribution in [0.15, 0.2) is 82.6 Å². The molecular weight excluding hydrogens is 344 g/mol. The summed E-state index contributed by atoms with van der Waals surface area (Å²) in [4.78, 5) is 2.34. The Morgan fingerprint density at radius 3 is 2.16 bits per heavy atom. The zero-order valence-corrected chi connectivity index (χ0v) is 15.9. The first-order valence-electron chi connectivity index (χ1n) is 8.08. The molecule has 0 aliphatic heterocycles. The molecule has 3 rings (SSSR count). The second-order valence-electron chi connectivity index (χ2n) is 5.87. The van der Waals surface area contributed by atoms with E-state index in [1.54, 1.807) is 11.8 Å². The maximum atomic E-state index is 5.50. The Hall–Kier alpha value is -2.30. The minimum Gasteiger partial charge on any atom is -0.332 e. The lowest BCUT2D eigenvalue weighted by atomic mass is 10.1. The summed E-state index contributed by atoms with van der Waals surface area (Å²) >= 11 is 7.21. The van der Waals surface area contributed by atoms with Crippen LogP contribution in [0.5, 0.6) is 0 Å². The standard InChI is InChI=1S/C21H20N2S2/c1-15-12-16(2)14-17(13-15)22-21(24)23-19-10-6-7-11-20(19)25-18-8-4-3-5-9-18/h3-14H,1-2H3,(H2,22,23,24). The molecule has 0 heterocycles. The minimum absolute atomic E-state index is 0.589. The van der Waals surface area contributed by atoms with E-state index in [0.29, 0.717) is 5.11 Å². The van der Waals surface area contributed by atoms with Crippen molar-refractivity contribution in [2.75, 3.05) is 10.6 Å².